The number of hydrogen-bond donors (Lipinski definition) is 1. The molecule has 0 atom stereocenters. The minimum absolute atomic E-state index is 0.128. The first kappa shape index (κ1) is 15.6. The van der Waals surface area contributed by atoms with Gasteiger partial charge >= 0.3 is 0 Å². The maximum Gasteiger partial charge on any atom is 0.258 e. The number of aryl methyl sites for hydroxylation is 1. The predicted octanol–water partition coefficient (Wildman–Crippen LogP) is 3.88. The predicted molar refractivity (Wildman–Crippen MR) is 90.4 cm³/mol. The van der Waals surface area contributed by atoms with Crippen LogP contribution in [0, 0.1) is 6.92 Å². The zero-order valence-corrected chi connectivity index (χ0v) is 14.3. The SMILES string of the molecule is Cc1occc1CN(C)C(=O)c1c(O)cnc2ccc(Br)cc12. The van der Waals surface area contributed by atoms with E-state index in [0.29, 0.717) is 17.4 Å². The van der Waals surface area contributed by atoms with E-state index < -0.39 is 0 Å². The zero-order valence-electron chi connectivity index (χ0n) is 12.7. The van der Waals surface area contributed by atoms with E-state index in [4.69, 9.17) is 4.42 Å². The Morgan fingerprint density at radius 3 is 2.87 bits per heavy atom. The second-order valence-corrected chi connectivity index (χ2v) is 6.26. The molecule has 2 heterocycles. The second kappa shape index (κ2) is 6.04. The number of hydrogen-bond acceptors (Lipinski definition) is 4. The molecular weight excluding hydrogens is 360 g/mol. The van der Waals surface area contributed by atoms with Crippen LogP contribution in [0.5, 0.6) is 5.75 Å². The third-order valence-electron chi connectivity index (χ3n) is 3.74. The molecule has 0 spiro atoms. The van der Waals surface area contributed by atoms with E-state index in [-0.39, 0.29) is 17.2 Å². The smallest absolute Gasteiger partial charge is 0.258 e. The molecule has 0 aliphatic carbocycles. The fraction of sp³-hybridized carbons (Fsp3) is 0.176. The lowest BCUT2D eigenvalue weighted by atomic mass is 10.1. The highest BCUT2D eigenvalue weighted by atomic mass is 79.9. The fourth-order valence-corrected chi connectivity index (χ4v) is 2.83. The summed E-state index contributed by atoms with van der Waals surface area (Å²) in [6.45, 7) is 2.25. The van der Waals surface area contributed by atoms with E-state index in [2.05, 4.69) is 20.9 Å². The van der Waals surface area contributed by atoms with E-state index in [9.17, 15) is 9.90 Å². The molecule has 3 rings (SSSR count). The first-order valence-electron chi connectivity index (χ1n) is 7.03. The van der Waals surface area contributed by atoms with E-state index in [1.54, 1.807) is 30.3 Å². The number of aromatic hydroxyl groups is 1. The second-order valence-electron chi connectivity index (χ2n) is 5.34. The zero-order chi connectivity index (χ0) is 16.6. The van der Waals surface area contributed by atoms with Crippen molar-refractivity contribution in [3.8, 4) is 5.75 Å². The first-order chi connectivity index (χ1) is 11.0. The van der Waals surface area contributed by atoms with Gasteiger partial charge in [-0.05, 0) is 31.2 Å². The van der Waals surface area contributed by atoms with Crippen molar-refractivity contribution in [2.75, 3.05) is 7.05 Å². The third-order valence-corrected chi connectivity index (χ3v) is 4.24. The average Bonchev–Trinajstić information content (AvgIpc) is 2.91. The summed E-state index contributed by atoms with van der Waals surface area (Å²) in [4.78, 5) is 18.5. The van der Waals surface area contributed by atoms with Gasteiger partial charge in [0.1, 0.15) is 11.5 Å². The van der Waals surface area contributed by atoms with Crippen LogP contribution in [-0.4, -0.2) is 27.9 Å². The maximum atomic E-state index is 12.8. The van der Waals surface area contributed by atoms with Gasteiger partial charge in [-0.3, -0.25) is 9.78 Å². The van der Waals surface area contributed by atoms with Crippen LogP contribution in [0.25, 0.3) is 10.9 Å². The van der Waals surface area contributed by atoms with Gasteiger partial charge in [-0.25, -0.2) is 0 Å². The van der Waals surface area contributed by atoms with Crippen LogP contribution in [0.15, 0.2) is 45.6 Å². The number of furan rings is 1. The van der Waals surface area contributed by atoms with Gasteiger partial charge in [0.25, 0.3) is 5.91 Å². The van der Waals surface area contributed by atoms with E-state index in [1.165, 1.54) is 6.20 Å². The highest BCUT2D eigenvalue weighted by molar-refractivity contribution is 9.10. The van der Waals surface area contributed by atoms with Crippen LogP contribution in [0.3, 0.4) is 0 Å². The lowest BCUT2D eigenvalue weighted by molar-refractivity contribution is 0.0783. The van der Waals surface area contributed by atoms with E-state index in [1.807, 2.05) is 19.1 Å². The third kappa shape index (κ3) is 2.94. The Morgan fingerprint density at radius 1 is 1.39 bits per heavy atom. The number of amides is 1. The van der Waals surface area contributed by atoms with Crippen LogP contribution in [0.4, 0.5) is 0 Å². The summed E-state index contributed by atoms with van der Waals surface area (Å²) in [5.41, 5.74) is 1.84. The quantitative estimate of drug-likeness (QED) is 0.755. The van der Waals surface area contributed by atoms with Gasteiger partial charge in [-0.1, -0.05) is 15.9 Å². The number of pyridine rings is 1. The van der Waals surface area contributed by atoms with Crippen LogP contribution >= 0.6 is 15.9 Å². The summed E-state index contributed by atoms with van der Waals surface area (Å²) in [6.07, 6.45) is 2.90. The van der Waals surface area contributed by atoms with Crippen molar-refractivity contribution in [3.63, 3.8) is 0 Å². The first-order valence-corrected chi connectivity index (χ1v) is 7.82. The van der Waals surface area contributed by atoms with Crippen molar-refractivity contribution in [2.24, 2.45) is 0 Å². The van der Waals surface area contributed by atoms with E-state index >= 15 is 0 Å². The highest BCUT2D eigenvalue weighted by Gasteiger charge is 2.21. The molecule has 0 aliphatic heterocycles. The molecule has 0 radical (unpaired) electrons. The van der Waals surface area contributed by atoms with Crippen molar-refractivity contribution in [1.29, 1.82) is 0 Å². The Labute approximate surface area is 141 Å². The number of carbonyl (C=O) groups excluding carboxylic acids is 1. The van der Waals surface area contributed by atoms with Gasteiger partial charge in [-0.15, -0.1) is 0 Å². The Kier molecular flexibility index (Phi) is 4.09. The van der Waals surface area contributed by atoms with E-state index in [0.717, 1.165) is 15.8 Å². The van der Waals surface area contributed by atoms with Crippen molar-refractivity contribution >= 4 is 32.7 Å². The van der Waals surface area contributed by atoms with Crippen LogP contribution in [0.1, 0.15) is 21.7 Å². The largest absolute Gasteiger partial charge is 0.505 e. The molecule has 1 N–H and O–H groups in total. The molecule has 0 aliphatic rings. The lowest BCUT2D eigenvalue weighted by Crippen LogP contribution is -2.26. The molecule has 1 amide bonds. The van der Waals surface area contributed by atoms with Crippen LogP contribution in [0.2, 0.25) is 0 Å². The van der Waals surface area contributed by atoms with Gasteiger partial charge in [0.2, 0.25) is 0 Å². The van der Waals surface area contributed by atoms with Gasteiger partial charge in [0, 0.05) is 29.0 Å². The van der Waals surface area contributed by atoms with Crippen LogP contribution < -0.4 is 0 Å². The minimum atomic E-state index is -0.270. The Balaban J connectivity index is 2.01. The molecule has 3 aromatic rings. The van der Waals surface area contributed by atoms with Crippen molar-refractivity contribution in [2.45, 2.75) is 13.5 Å². The normalized spacial score (nSPS) is 10.9. The highest BCUT2D eigenvalue weighted by Crippen LogP contribution is 2.29. The Hall–Kier alpha value is -2.34. The van der Waals surface area contributed by atoms with Gasteiger partial charge < -0.3 is 14.4 Å². The summed E-state index contributed by atoms with van der Waals surface area (Å²) in [7, 11) is 1.69. The average molecular weight is 375 g/mol. The number of benzene rings is 1. The summed E-state index contributed by atoms with van der Waals surface area (Å²) >= 11 is 3.39. The van der Waals surface area contributed by atoms with Gasteiger partial charge in [0.05, 0.1) is 23.5 Å². The molecule has 0 fully saturated rings. The number of halogens is 1. The monoisotopic (exact) mass is 374 g/mol. The molecule has 23 heavy (non-hydrogen) atoms. The molecule has 0 unspecified atom stereocenters. The number of aromatic nitrogens is 1. The number of fused-ring (bicyclic) bond motifs is 1. The Morgan fingerprint density at radius 2 is 2.17 bits per heavy atom. The van der Waals surface area contributed by atoms with Crippen LogP contribution in [-0.2, 0) is 6.54 Å². The van der Waals surface area contributed by atoms with Gasteiger partial charge in [-0.2, -0.15) is 0 Å². The minimum Gasteiger partial charge on any atom is -0.505 e. The van der Waals surface area contributed by atoms with Crippen molar-refractivity contribution in [1.82, 2.24) is 9.88 Å². The molecule has 0 saturated heterocycles. The number of carbonyl (C=O) groups is 1. The van der Waals surface area contributed by atoms with Gasteiger partial charge in [0.15, 0.2) is 0 Å². The molecule has 0 saturated carbocycles. The maximum absolute atomic E-state index is 12.8. The molecule has 0 bridgehead atoms. The van der Waals surface area contributed by atoms with Crippen molar-refractivity contribution < 1.29 is 14.3 Å². The topological polar surface area (TPSA) is 66.6 Å². The summed E-state index contributed by atoms with van der Waals surface area (Å²) < 4.78 is 6.08. The molecule has 5 nitrogen and oxygen atoms in total. The molecule has 1 aromatic carbocycles. The summed E-state index contributed by atoms with van der Waals surface area (Å²) in [5, 5.41) is 10.8. The molecular formula is C17H15BrN2O3. The molecule has 2 aromatic heterocycles. The lowest BCUT2D eigenvalue weighted by Gasteiger charge is -2.18. The summed E-state index contributed by atoms with van der Waals surface area (Å²) in [5.74, 6) is 0.376. The number of nitrogens with zero attached hydrogens (tertiary/aromatic N) is 2. The molecule has 118 valence electrons. The van der Waals surface area contributed by atoms with Crippen molar-refractivity contribution in [3.05, 3.63) is 58.1 Å². The Bertz CT molecular complexity index is 883. The molecule has 6 heteroatoms. The standard InChI is InChI=1S/C17H15BrN2O3/c1-10-11(5-6-23-10)9-20(2)17(22)16-13-7-12(18)3-4-14(13)19-8-15(16)21/h3-8,21H,9H2,1-2H3. The fourth-order valence-electron chi connectivity index (χ4n) is 2.47. The number of rotatable bonds is 3. The summed E-state index contributed by atoms with van der Waals surface area (Å²) in [6, 6.07) is 7.27.